The first kappa shape index (κ1) is 13.9. The van der Waals surface area contributed by atoms with E-state index in [9.17, 15) is 0 Å². The van der Waals surface area contributed by atoms with Crippen molar-refractivity contribution in [3.8, 4) is 5.75 Å². The molecule has 0 saturated carbocycles. The zero-order valence-corrected chi connectivity index (χ0v) is 12.8. The molecule has 0 aliphatic carbocycles. The first-order valence-electron chi connectivity index (χ1n) is 6.44. The zero-order valence-electron chi connectivity index (χ0n) is 11.2. The SMILES string of the molecule is CCOc1ccccc1C(C)Nc1cccc(Br)c1. The van der Waals surface area contributed by atoms with Gasteiger partial charge in [0.1, 0.15) is 5.75 Å². The molecule has 0 fully saturated rings. The van der Waals surface area contributed by atoms with Gasteiger partial charge in [-0.2, -0.15) is 0 Å². The van der Waals surface area contributed by atoms with E-state index in [0.29, 0.717) is 6.61 Å². The summed E-state index contributed by atoms with van der Waals surface area (Å²) in [6.07, 6.45) is 0. The van der Waals surface area contributed by atoms with Gasteiger partial charge in [-0.05, 0) is 38.1 Å². The Hall–Kier alpha value is -1.48. The van der Waals surface area contributed by atoms with Gasteiger partial charge >= 0.3 is 0 Å². The van der Waals surface area contributed by atoms with Crippen LogP contribution in [-0.2, 0) is 0 Å². The smallest absolute Gasteiger partial charge is 0.124 e. The summed E-state index contributed by atoms with van der Waals surface area (Å²) in [6.45, 7) is 4.82. The van der Waals surface area contributed by atoms with Gasteiger partial charge in [-0.15, -0.1) is 0 Å². The highest BCUT2D eigenvalue weighted by Crippen LogP contribution is 2.28. The summed E-state index contributed by atoms with van der Waals surface area (Å²) in [4.78, 5) is 0. The fraction of sp³-hybridized carbons (Fsp3) is 0.250. The molecule has 0 saturated heterocycles. The minimum atomic E-state index is 0.192. The highest BCUT2D eigenvalue weighted by atomic mass is 79.9. The van der Waals surface area contributed by atoms with Crippen LogP contribution in [0.5, 0.6) is 5.75 Å². The number of benzene rings is 2. The molecule has 1 N–H and O–H groups in total. The summed E-state index contributed by atoms with van der Waals surface area (Å²) >= 11 is 3.48. The predicted molar refractivity (Wildman–Crippen MR) is 83.8 cm³/mol. The lowest BCUT2D eigenvalue weighted by atomic mass is 10.1. The van der Waals surface area contributed by atoms with Crippen LogP contribution in [0, 0.1) is 0 Å². The molecule has 19 heavy (non-hydrogen) atoms. The van der Waals surface area contributed by atoms with Gasteiger partial charge in [-0.1, -0.05) is 40.2 Å². The molecule has 0 spiro atoms. The van der Waals surface area contributed by atoms with Crippen LogP contribution in [0.25, 0.3) is 0 Å². The Balaban J connectivity index is 2.17. The lowest BCUT2D eigenvalue weighted by Gasteiger charge is -2.19. The van der Waals surface area contributed by atoms with E-state index in [2.05, 4.69) is 46.4 Å². The molecule has 0 radical (unpaired) electrons. The van der Waals surface area contributed by atoms with E-state index in [1.165, 1.54) is 5.56 Å². The number of hydrogen-bond acceptors (Lipinski definition) is 2. The van der Waals surface area contributed by atoms with Crippen LogP contribution >= 0.6 is 15.9 Å². The topological polar surface area (TPSA) is 21.3 Å². The standard InChI is InChI=1S/C16H18BrNO/c1-3-19-16-10-5-4-9-15(16)12(2)18-14-8-6-7-13(17)11-14/h4-12,18H,3H2,1-2H3. The van der Waals surface area contributed by atoms with Crippen LogP contribution in [0.1, 0.15) is 25.5 Å². The number of anilines is 1. The number of ether oxygens (including phenoxy) is 1. The van der Waals surface area contributed by atoms with Gasteiger partial charge in [0.2, 0.25) is 0 Å². The normalized spacial score (nSPS) is 11.9. The largest absolute Gasteiger partial charge is 0.494 e. The molecule has 1 atom stereocenters. The quantitative estimate of drug-likeness (QED) is 0.835. The Morgan fingerprint density at radius 2 is 1.95 bits per heavy atom. The number of halogens is 1. The van der Waals surface area contributed by atoms with Crippen molar-refractivity contribution in [2.75, 3.05) is 11.9 Å². The number of para-hydroxylation sites is 1. The fourth-order valence-corrected chi connectivity index (χ4v) is 2.43. The average molecular weight is 320 g/mol. The van der Waals surface area contributed by atoms with Crippen LogP contribution in [-0.4, -0.2) is 6.61 Å². The number of nitrogens with one attached hydrogen (secondary N) is 1. The monoisotopic (exact) mass is 319 g/mol. The van der Waals surface area contributed by atoms with Crippen LogP contribution in [0.15, 0.2) is 53.0 Å². The van der Waals surface area contributed by atoms with Gasteiger partial charge in [-0.25, -0.2) is 0 Å². The van der Waals surface area contributed by atoms with Crippen molar-refractivity contribution in [3.05, 3.63) is 58.6 Å². The molecular weight excluding hydrogens is 302 g/mol. The Morgan fingerprint density at radius 3 is 2.68 bits per heavy atom. The van der Waals surface area contributed by atoms with Gasteiger partial charge in [0.15, 0.2) is 0 Å². The summed E-state index contributed by atoms with van der Waals surface area (Å²) in [6, 6.07) is 16.5. The van der Waals surface area contributed by atoms with Gasteiger partial charge in [0.25, 0.3) is 0 Å². The average Bonchev–Trinajstić information content (AvgIpc) is 2.39. The van der Waals surface area contributed by atoms with Crippen molar-refractivity contribution in [2.45, 2.75) is 19.9 Å². The maximum absolute atomic E-state index is 5.67. The molecule has 0 aliphatic heterocycles. The second-order valence-corrected chi connectivity index (χ2v) is 5.26. The second kappa shape index (κ2) is 6.62. The van der Waals surface area contributed by atoms with Gasteiger partial charge < -0.3 is 10.1 Å². The molecule has 100 valence electrons. The Bertz CT molecular complexity index is 542. The van der Waals surface area contributed by atoms with E-state index < -0.39 is 0 Å². The first-order valence-corrected chi connectivity index (χ1v) is 7.24. The Labute approximate surface area is 122 Å². The van der Waals surface area contributed by atoms with E-state index in [0.717, 1.165) is 15.9 Å². The van der Waals surface area contributed by atoms with Gasteiger partial charge in [0, 0.05) is 15.7 Å². The van der Waals surface area contributed by atoms with Crippen LogP contribution in [0.4, 0.5) is 5.69 Å². The van der Waals surface area contributed by atoms with E-state index >= 15 is 0 Å². The molecule has 2 nitrogen and oxygen atoms in total. The zero-order chi connectivity index (χ0) is 13.7. The molecule has 2 aromatic carbocycles. The maximum atomic E-state index is 5.67. The van der Waals surface area contributed by atoms with Crippen molar-refractivity contribution in [2.24, 2.45) is 0 Å². The lowest BCUT2D eigenvalue weighted by Crippen LogP contribution is -2.08. The molecular formula is C16H18BrNO. The first-order chi connectivity index (χ1) is 9.20. The second-order valence-electron chi connectivity index (χ2n) is 4.35. The maximum Gasteiger partial charge on any atom is 0.124 e. The molecule has 0 amide bonds. The van der Waals surface area contributed by atoms with E-state index in [1.807, 2.05) is 37.3 Å². The number of rotatable bonds is 5. The molecule has 2 rings (SSSR count). The Morgan fingerprint density at radius 1 is 1.16 bits per heavy atom. The van der Waals surface area contributed by atoms with E-state index in [4.69, 9.17) is 4.74 Å². The molecule has 0 bridgehead atoms. The summed E-state index contributed by atoms with van der Waals surface area (Å²) in [5, 5.41) is 3.49. The molecule has 3 heteroatoms. The van der Waals surface area contributed by atoms with Gasteiger partial charge in [0.05, 0.1) is 12.6 Å². The van der Waals surface area contributed by atoms with Crippen LogP contribution in [0.3, 0.4) is 0 Å². The molecule has 2 aromatic rings. The van der Waals surface area contributed by atoms with Crippen molar-refractivity contribution < 1.29 is 4.74 Å². The molecule has 0 heterocycles. The van der Waals surface area contributed by atoms with Crippen LogP contribution in [0.2, 0.25) is 0 Å². The van der Waals surface area contributed by atoms with Crippen LogP contribution < -0.4 is 10.1 Å². The third kappa shape index (κ3) is 3.74. The van der Waals surface area contributed by atoms with Crippen molar-refractivity contribution >= 4 is 21.6 Å². The predicted octanol–water partition coefficient (Wildman–Crippen LogP) is 5.02. The highest BCUT2D eigenvalue weighted by molar-refractivity contribution is 9.10. The summed E-state index contributed by atoms with van der Waals surface area (Å²) in [5.74, 6) is 0.944. The summed E-state index contributed by atoms with van der Waals surface area (Å²) in [7, 11) is 0. The van der Waals surface area contributed by atoms with E-state index in [-0.39, 0.29) is 6.04 Å². The van der Waals surface area contributed by atoms with Crippen molar-refractivity contribution in [1.82, 2.24) is 0 Å². The molecule has 1 unspecified atom stereocenters. The Kier molecular flexibility index (Phi) is 4.86. The third-order valence-electron chi connectivity index (χ3n) is 2.89. The molecule has 0 aromatic heterocycles. The summed E-state index contributed by atoms with van der Waals surface area (Å²) in [5.41, 5.74) is 2.26. The minimum Gasteiger partial charge on any atom is -0.494 e. The fourth-order valence-electron chi connectivity index (χ4n) is 2.03. The van der Waals surface area contributed by atoms with Crippen molar-refractivity contribution in [3.63, 3.8) is 0 Å². The highest BCUT2D eigenvalue weighted by Gasteiger charge is 2.10. The van der Waals surface area contributed by atoms with Gasteiger partial charge in [-0.3, -0.25) is 0 Å². The van der Waals surface area contributed by atoms with E-state index in [1.54, 1.807) is 0 Å². The lowest BCUT2D eigenvalue weighted by molar-refractivity contribution is 0.335. The molecule has 0 aliphatic rings. The third-order valence-corrected chi connectivity index (χ3v) is 3.39. The van der Waals surface area contributed by atoms with Crippen molar-refractivity contribution in [1.29, 1.82) is 0 Å². The number of hydrogen-bond donors (Lipinski definition) is 1. The minimum absolute atomic E-state index is 0.192. The summed E-state index contributed by atoms with van der Waals surface area (Å²) < 4.78 is 6.74.